The van der Waals surface area contributed by atoms with Crippen LogP contribution in [0, 0.1) is 6.92 Å². The monoisotopic (exact) mass is 520 g/mol. The van der Waals surface area contributed by atoms with E-state index in [4.69, 9.17) is 4.74 Å². The molecule has 2 N–H and O–H groups in total. The summed E-state index contributed by atoms with van der Waals surface area (Å²) in [6.07, 6.45) is 1.17. The number of ether oxygens (including phenoxy) is 1. The zero-order chi connectivity index (χ0) is 20.1. The number of nitrogens with one attached hydrogen (secondary N) is 2. The number of aliphatic imine (C=N–C) groups is 1. The molecule has 1 saturated carbocycles. The highest BCUT2D eigenvalue weighted by Gasteiger charge is 2.39. The minimum absolute atomic E-state index is 0. The van der Waals surface area contributed by atoms with E-state index in [9.17, 15) is 0 Å². The molecule has 1 heterocycles. The Hall–Kier alpha value is -1.64. The molecule has 2 aromatic carbocycles. The molecular formula is C24H33IN4O. The molecule has 2 atom stereocenters. The molecule has 1 aliphatic carbocycles. The highest BCUT2D eigenvalue weighted by atomic mass is 127. The zero-order valence-electron chi connectivity index (χ0n) is 17.9. The number of benzene rings is 2. The van der Waals surface area contributed by atoms with Gasteiger partial charge in [0.25, 0.3) is 0 Å². The van der Waals surface area contributed by atoms with Gasteiger partial charge in [-0.2, -0.15) is 0 Å². The van der Waals surface area contributed by atoms with Crippen LogP contribution >= 0.6 is 24.0 Å². The van der Waals surface area contributed by atoms with Crippen molar-refractivity contribution in [2.75, 3.05) is 33.4 Å². The van der Waals surface area contributed by atoms with Gasteiger partial charge in [-0.15, -0.1) is 24.0 Å². The summed E-state index contributed by atoms with van der Waals surface area (Å²) in [5.74, 6) is 1.47. The lowest BCUT2D eigenvalue weighted by molar-refractivity contribution is 0.0341. The van der Waals surface area contributed by atoms with Gasteiger partial charge in [-0.05, 0) is 35.6 Å². The standard InChI is InChI=1S/C24H32N4O.HI/c1-18-7-3-6-10-21(18)22-15-23(22)27-24(25-2)26-16-19-8-4-5-9-20(19)17-28-11-13-29-14-12-28;/h3-10,22-23H,11-17H2,1-2H3,(H2,25,26,27);1H. The van der Waals surface area contributed by atoms with Crippen LogP contribution < -0.4 is 10.6 Å². The Bertz CT molecular complexity index is 851. The molecule has 4 rings (SSSR count). The first-order valence-electron chi connectivity index (χ1n) is 10.6. The number of hydrogen-bond acceptors (Lipinski definition) is 3. The Kier molecular flexibility index (Phi) is 8.53. The summed E-state index contributed by atoms with van der Waals surface area (Å²) in [6, 6.07) is 17.8. The first kappa shape index (κ1) is 23.0. The van der Waals surface area contributed by atoms with E-state index in [1.165, 1.54) is 28.7 Å². The van der Waals surface area contributed by atoms with Crippen molar-refractivity contribution in [3.05, 3.63) is 70.8 Å². The third-order valence-corrected chi connectivity index (χ3v) is 5.99. The maximum Gasteiger partial charge on any atom is 0.191 e. The van der Waals surface area contributed by atoms with Crippen molar-refractivity contribution < 1.29 is 4.74 Å². The van der Waals surface area contributed by atoms with Crippen LogP contribution in [-0.2, 0) is 17.8 Å². The van der Waals surface area contributed by atoms with E-state index in [0.29, 0.717) is 12.0 Å². The Morgan fingerprint density at radius 3 is 2.50 bits per heavy atom. The van der Waals surface area contributed by atoms with Gasteiger partial charge in [0.05, 0.1) is 13.2 Å². The van der Waals surface area contributed by atoms with Gasteiger partial charge >= 0.3 is 0 Å². The number of rotatable bonds is 6. The minimum Gasteiger partial charge on any atom is -0.379 e. The lowest BCUT2D eigenvalue weighted by Gasteiger charge is -2.27. The Labute approximate surface area is 197 Å². The van der Waals surface area contributed by atoms with Crippen LogP contribution in [0.1, 0.15) is 34.6 Å². The van der Waals surface area contributed by atoms with E-state index in [0.717, 1.165) is 45.4 Å². The van der Waals surface area contributed by atoms with Crippen LogP contribution in [-0.4, -0.2) is 50.3 Å². The van der Waals surface area contributed by atoms with Gasteiger partial charge in [0.2, 0.25) is 0 Å². The molecule has 0 bridgehead atoms. The molecule has 0 spiro atoms. The lowest BCUT2D eigenvalue weighted by atomic mass is 10.0. The molecule has 2 aromatic rings. The highest BCUT2D eigenvalue weighted by Crippen LogP contribution is 2.42. The van der Waals surface area contributed by atoms with Gasteiger partial charge in [0.1, 0.15) is 0 Å². The molecule has 2 aliphatic rings. The van der Waals surface area contributed by atoms with Crippen molar-refractivity contribution in [3.63, 3.8) is 0 Å². The van der Waals surface area contributed by atoms with Gasteiger partial charge in [-0.25, -0.2) is 0 Å². The van der Waals surface area contributed by atoms with Crippen molar-refractivity contribution in [3.8, 4) is 0 Å². The van der Waals surface area contributed by atoms with E-state index >= 15 is 0 Å². The van der Waals surface area contributed by atoms with Crippen molar-refractivity contribution >= 4 is 29.9 Å². The van der Waals surface area contributed by atoms with Crippen molar-refractivity contribution in [1.29, 1.82) is 0 Å². The summed E-state index contributed by atoms with van der Waals surface area (Å²) in [6.45, 7) is 7.64. The number of hydrogen-bond donors (Lipinski definition) is 2. The predicted octanol–water partition coefficient (Wildman–Crippen LogP) is 3.67. The van der Waals surface area contributed by atoms with Crippen LogP contribution in [0.3, 0.4) is 0 Å². The number of morpholine rings is 1. The molecule has 162 valence electrons. The summed E-state index contributed by atoms with van der Waals surface area (Å²) < 4.78 is 5.47. The number of aryl methyl sites for hydroxylation is 1. The maximum atomic E-state index is 5.47. The second-order valence-electron chi connectivity index (χ2n) is 8.03. The largest absolute Gasteiger partial charge is 0.379 e. The van der Waals surface area contributed by atoms with E-state index in [1.807, 2.05) is 7.05 Å². The van der Waals surface area contributed by atoms with Crippen LogP contribution in [0.5, 0.6) is 0 Å². The molecule has 2 fully saturated rings. The van der Waals surface area contributed by atoms with E-state index in [1.54, 1.807) is 0 Å². The molecule has 30 heavy (non-hydrogen) atoms. The van der Waals surface area contributed by atoms with Gasteiger partial charge in [-0.3, -0.25) is 9.89 Å². The van der Waals surface area contributed by atoms with Crippen molar-refractivity contribution in [2.45, 2.75) is 38.4 Å². The molecule has 2 unspecified atom stereocenters. The van der Waals surface area contributed by atoms with Crippen molar-refractivity contribution in [1.82, 2.24) is 15.5 Å². The first-order chi connectivity index (χ1) is 14.2. The summed E-state index contributed by atoms with van der Waals surface area (Å²) in [4.78, 5) is 6.91. The SMILES string of the molecule is CN=C(NCc1ccccc1CN1CCOCC1)NC1CC1c1ccccc1C.I. The van der Waals surface area contributed by atoms with Gasteiger partial charge in [-0.1, -0.05) is 48.5 Å². The van der Waals surface area contributed by atoms with E-state index in [-0.39, 0.29) is 24.0 Å². The molecule has 6 heteroatoms. The topological polar surface area (TPSA) is 48.9 Å². The normalized spacial score (nSPS) is 21.6. The molecule has 1 saturated heterocycles. The first-order valence-corrected chi connectivity index (χ1v) is 10.6. The summed E-state index contributed by atoms with van der Waals surface area (Å²) in [7, 11) is 1.85. The Morgan fingerprint density at radius 2 is 1.77 bits per heavy atom. The second kappa shape index (κ2) is 11.1. The third kappa shape index (κ3) is 5.95. The number of halogens is 1. The second-order valence-corrected chi connectivity index (χ2v) is 8.03. The molecule has 0 amide bonds. The van der Waals surface area contributed by atoms with Crippen molar-refractivity contribution in [2.24, 2.45) is 4.99 Å². The maximum absolute atomic E-state index is 5.47. The lowest BCUT2D eigenvalue weighted by Crippen LogP contribution is -2.39. The van der Waals surface area contributed by atoms with Crippen LogP contribution in [0.4, 0.5) is 0 Å². The molecule has 0 aromatic heterocycles. The van der Waals surface area contributed by atoms with Crippen LogP contribution in [0.15, 0.2) is 53.5 Å². The Morgan fingerprint density at radius 1 is 1.07 bits per heavy atom. The summed E-state index contributed by atoms with van der Waals surface area (Å²) in [5, 5.41) is 7.12. The summed E-state index contributed by atoms with van der Waals surface area (Å²) in [5.41, 5.74) is 5.54. The highest BCUT2D eigenvalue weighted by molar-refractivity contribution is 14.0. The molecule has 1 aliphatic heterocycles. The smallest absolute Gasteiger partial charge is 0.191 e. The van der Waals surface area contributed by atoms with Gasteiger partial charge < -0.3 is 15.4 Å². The van der Waals surface area contributed by atoms with Crippen LogP contribution in [0.2, 0.25) is 0 Å². The molecule has 5 nitrogen and oxygen atoms in total. The fraction of sp³-hybridized carbons (Fsp3) is 0.458. The zero-order valence-corrected chi connectivity index (χ0v) is 20.3. The van der Waals surface area contributed by atoms with E-state index < -0.39 is 0 Å². The fourth-order valence-corrected chi connectivity index (χ4v) is 4.13. The molecule has 0 radical (unpaired) electrons. The number of nitrogens with zero attached hydrogens (tertiary/aromatic N) is 2. The Balaban J connectivity index is 0.00000256. The summed E-state index contributed by atoms with van der Waals surface area (Å²) >= 11 is 0. The average molecular weight is 520 g/mol. The van der Waals surface area contributed by atoms with Crippen LogP contribution in [0.25, 0.3) is 0 Å². The number of guanidine groups is 1. The minimum atomic E-state index is 0. The third-order valence-electron chi connectivity index (χ3n) is 5.99. The fourth-order valence-electron chi connectivity index (χ4n) is 4.13. The van der Waals surface area contributed by atoms with E-state index in [2.05, 4.69) is 76.0 Å². The predicted molar refractivity (Wildman–Crippen MR) is 134 cm³/mol. The average Bonchev–Trinajstić information content (AvgIpc) is 3.52. The van der Waals surface area contributed by atoms with Gasteiger partial charge in [0.15, 0.2) is 5.96 Å². The quantitative estimate of drug-likeness (QED) is 0.347. The van der Waals surface area contributed by atoms with Gasteiger partial charge in [0, 0.05) is 45.2 Å². The molecular weight excluding hydrogens is 487 g/mol.